The van der Waals surface area contributed by atoms with E-state index in [1.807, 2.05) is 20.8 Å². The Kier molecular flexibility index (Phi) is 5.59. The van der Waals surface area contributed by atoms with Crippen LogP contribution >= 0.6 is 0 Å². The number of nitrogens with one attached hydrogen (secondary N) is 1. The molecule has 5 nitrogen and oxygen atoms in total. The minimum Gasteiger partial charge on any atom is -0.467 e. The molecular weight excluding hydrogens is 234 g/mol. The van der Waals surface area contributed by atoms with Crippen LogP contribution in [0.15, 0.2) is 0 Å². The minimum atomic E-state index is -0.583. The molecule has 3 atom stereocenters. The van der Waals surface area contributed by atoms with E-state index >= 15 is 0 Å². The molecule has 0 aromatic rings. The second-order valence-electron chi connectivity index (χ2n) is 4.97. The van der Waals surface area contributed by atoms with Gasteiger partial charge in [0.25, 0.3) is 0 Å². The third-order valence-electron chi connectivity index (χ3n) is 3.37. The van der Waals surface area contributed by atoms with Gasteiger partial charge in [0.2, 0.25) is 5.91 Å². The number of hydrogen-bond donors (Lipinski definition) is 1. The molecule has 1 heterocycles. The number of rotatable bonds is 5. The molecule has 0 saturated carbocycles. The lowest BCUT2D eigenvalue weighted by atomic mass is 9.97. The fourth-order valence-corrected chi connectivity index (χ4v) is 2.24. The molecule has 1 rings (SSSR count). The Bertz CT molecular complexity index is 303. The maximum atomic E-state index is 12.2. The molecular formula is C13H23NO4. The van der Waals surface area contributed by atoms with Crippen LogP contribution in [0, 0.1) is 11.8 Å². The van der Waals surface area contributed by atoms with Gasteiger partial charge < -0.3 is 14.8 Å². The lowest BCUT2D eigenvalue weighted by molar-refractivity contribution is -0.147. The molecule has 0 radical (unpaired) electrons. The maximum Gasteiger partial charge on any atom is 0.328 e. The first-order valence-corrected chi connectivity index (χ1v) is 6.51. The first kappa shape index (κ1) is 15.0. The van der Waals surface area contributed by atoms with E-state index in [2.05, 4.69) is 5.32 Å². The molecule has 1 N–H and O–H groups in total. The van der Waals surface area contributed by atoms with Crippen molar-refractivity contribution in [2.45, 2.75) is 45.8 Å². The molecule has 0 spiro atoms. The zero-order chi connectivity index (χ0) is 13.7. The highest BCUT2D eigenvalue weighted by atomic mass is 16.5. The van der Waals surface area contributed by atoms with Gasteiger partial charge in [-0.3, -0.25) is 4.79 Å². The van der Waals surface area contributed by atoms with E-state index < -0.39 is 12.0 Å². The Morgan fingerprint density at radius 1 is 1.44 bits per heavy atom. The van der Waals surface area contributed by atoms with Crippen LogP contribution < -0.4 is 5.32 Å². The standard InChI is InChI=1S/C13H23NO4/c1-5-10-9(6-7-18-10)12(15)14-11(8(2)3)13(16)17-4/h8-11H,5-7H2,1-4H3,(H,14,15). The normalized spacial score (nSPS) is 24.9. The van der Waals surface area contributed by atoms with Crippen molar-refractivity contribution < 1.29 is 19.1 Å². The number of carbonyl (C=O) groups is 2. The van der Waals surface area contributed by atoms with Crippen molar-refractivity contribution in [2.24, 2.45) is 11.8 Å². The lowest BCUT2D eigenvalue weighted by Gasteiger charge is -2.23. The molecule has 0 aliphatic carbocycles. The van der Waals surface area contributed by atoms with Crippen molar-refractivity contribution in [3.63, 3.8) is 0 Å². The second-order valence-corrected chi connectivity index (χ2v) is 4.97. The summed E-state index contributed by atoms with van der Waals surface area (Å²) in [5.74, 6) is -0.654. The maximum absolute atomic E-state index is 12.2. The van der Waals surface area contributed by atoms with Crippen LogP contribution in [0.4, 0.5) is 0 Å². The molecule has 1 saturated heterocycles. The molecule has 1 aliphatic rings. The number of esters is 1. The van der Waals surface area contributed by atoms with Gasteiger partial charge in [-0.25, -0.2) is 4.79 Å². The van der Waals surface area contributed by atoms with E-state index in [1.54, 1.807) is 0 Å². The molecule has 0 aromatic heterocycles. The van der Waals surface area contributed by atoms with E-state index in [0.29, 0.717) is 6.61 Å². The van der Waals surface area contributed by atoms with Gasteiger partial charge >= 0.3 is 5.97 Å². The number of methoxy groups -OCH3 is 1. The Labute approximate surface area is 108 Å². The smallest absolute Gasteiger partial charge is 0.328 e. The zero-order valence-electron chi connectivity index (χ0n) is 11.6. The highest BCUT2D eigenvalue weighted by molar-refractivity contribution is 5.86. The van der Waals surface area contributed by atoms with Gasteiger partial charge in [-0.1, -0.05) is 20.8 Å². The fourth-order valence-electron chi connectivity index (χ4n) is 2.24. The molecule has 1 amide bonds. The molecule has 0 aromatic carbocycles. The van der Waals surface area contributed by atoms with Crippen molar-refractivity contribution in [1.29, 1.82) is 0 Å². The van der Waals surface area contributed by atoms with Crippen LogP contribution in [0.25, 0.3) is 0 Å². The van der Waals surface area contributed by atoms with Crippen LogP contribution in [-0.2, 0) is 19.1 Å². The second kappa shape index (κ2) is 6.73. The van der Waals surface area contributed by atoms with Gasteiger partial charge in [-0.2, -0.15) is 0 Å². The largest absolute Gasteiger partial charge is 0.467 e. The van der Waals surface area contributed by atoms with Crippen LogP contribution in [0.2, 0.25) is 0 Å². The Hall–Kier alpha value is -1.10. The third-order valence-corrected chi connectivity index (χ3v) is 3.37. The molecule has 5 heteroatoms. The predicted octanol–water partition coefficient (Wildman–Crippen LogP) is 1.12. The Morgan fingerprint density at radius 2 is 2.11 bits per heavy atom. The zero-order valence-corrected chi connectivity index (χ0v) is 11.6. The number of amides is 1. The molecule has 18 heavy (non-hydrogen) atoms. The van der Waals surface area contributed by atoms with E-state index in [-0.39, 0.29) is 23.8 Å². The summed E-state index contributed by atoms with van der Waals surface area (Å²) in [4.78, 5) is 23.7. The Balaban J connectivity index is 2.63. The summed E-state index contributed by atoms with van der Waals surface area (Å²) in [5.41, 5.74) is 0. The average Bonchev–Trinajstić information content (AvgIpc) is 2.82. The third kappa shape index (κ3) is 3.45. The first-order valence-electron chi connectivity index (χ1n) is 6.51. The average molecular weight is 257 g/mol. The topological polar surface area (TPSA) is 64.6 Å². The fraction of sp³-hybridized carbons (Fsp3) is 0.846. The molecule has 0 bridgehead atoms. The molecule has 1 aliphatic heterocycles. The summed E-state index contributed by atoms with van der Waals surface area (Å²) in [6.45, 7) is 6.37. The van der Waals surface area contributed by atoms with Crippen molar-refractivity contribution in [1.82, 2.24) is 5.32 Å². The van der Waals surface area contributed by atoms with Gasteiger partial charge in [0.1, 0.15) is 6.04 Å². The summed E-state index contributed by atoms with van der Waals surface area (Å²) in [7, 11) is 1.33. The van der Waals surface area contributed by atoms with Crippen molar-refractivity contribution >= 4 is 11.9 Å². The summed E-state index contributed by atoms with van der Waals surface area (Å²) in [5, 5.41) is 2.78. The number of carbonyl (C=O) groups excluding carboxylic acids is 2. The van der Waals surface area contributed by atoms with Crippen LogP contribution in [0.3, 0.4) is 0 Å². The van der Waals surface area contributed by atoms with Gasteiger partial charge in [-0.05, 0) is 18.8 Å². The number of ether oxygens (including phenoxy) is 2. The van der Waals surface area contributed by atoms with Gasteiger partial charge in [0.15, 0.2) is 0 Å². The van der Waals surface area contributed by atoms with E-state index in [4.69, 9.17) is 9.47 Å². The summed E-state index contributed by atoms with van der Waals surface area (Å²) in [6.07, 6.45) is 1.49. The highest BCUT2D eigenvalue weighted by Crippen LogP contribution is 2.23. The minimum absolute atomic E-state index is 0.00352. The van der Waals surface area contributed by atoms with E-state index in [9.17, 15) is 9.59 Å². The van der Waals surface area contributed by atoms with Crippen molar-refractivity contribution in [3.05, 3.63) is 0 Å². The van der Waals surface area contributed by atoms with Crippen molar-refractivity contribution in [3.8, 4) is 0 Å². The van der Waals surface area contributed by atoms with Crippen LogP contribution in [-0.4, -0.2) is 37.7 Å². The predicted molar refractivity (Wildman–Crippen MR) is 66.9 cm³/mol. The summed E-state index contributed by atoms with van der Waals surface area (Å²) >= 11 is 0. The van der Waals surface area contributed by atoms with E-state index in [1.165, 1.54) is 7.11 Å². The van der Waals surface area contributed by atoms with Gasteiger partial charge in [0.05, 0.1) is 19.1 Å². The summed E-state index contributed by atoms with van der Waals surface area (Å²) < 4.78 is 10.2. The van der Waals surface area contributed by atoms with Crippen molar-refractivity contribution in [2.75, 3.05) is 13.7 Å². The molecule has 1 fully saturated rings. The molecule has 104 valence electrons. The van der Waals surface area contributed by atoms with Gasteiger partial charge in [0, 0.05) is 6.61 Å². The summed E-state index contributed by atoms with van der Waals surface area (Å²) in [6, 6.07) is -0.583. The van der Waals surface area contributed by atoms with Crippen LogP contribution in [0.5, 0.6) is 0 Å². The van der Waals surface area contributed by atoms with E-state index in [0.717, 1.165) is 12.8 Å². The van der Waals surface area contributed by atoms with Gasteiger partial charge in [-0.15, -0.1) is 0 Å². The lowest BCUT2D eigenvalue weighted by Crippen LogP contribution is -2.48. The quantitative estimate of drug-likeness (QED) is 0.749. The number of hydrogen-bond acceptors (Lipinski definition) is 4. The highest BCUT2D eigenvalue weighted by Gasteiger charge is 2.35. The first-order chi connectivity index (χ1) is 8.51. The monoisotopic (exact) mass is 257 g/mol. The molecule has 3 unspecified atom stereocenters. The van der Waals surface area contributed by atoms with Crippen LogP contribution in [0.1, 0.15) is 33.6 Å². The SMILES string of the molecule is CCC1OCCC1C(=O)NC(C(=O)OC)C(C)C. The Morgan fingerprint density at radius 3 is 2.61 bits per heavy atom.